The maximum atomic E-state index is 10.1. The van der Waals surface area contributed by atoms with Crippen molar-refractivity contribution in [2.45, 2.75) is 0 Å². The third-order valence-corrected chi connectivity index (χ3v) is 0.553. The van der Waals surface area contributed by atoms with Gasteiger partial charge in [-0.15, -0.1) is 0 Å². The Bertz CT molecular complexity index is 131. The molecule has 0 saturated heterocycles. The van der Waals surface area contributed by atoms with Crippen molar-refractivity contribution >= 4 is 23.4 Å². The number of hydrogen-bond acceptors (Lipinski definition) is 4. The third kappa shape index (κ3) is 5.03. The molecule has 0 unspecified atom stereocenters. The van der Waals surface area contributed by atoms with Crippen molar-refractivity contribution in [3.8, 4) is 0 Å². The first kappa shape index (κ1) is 8.88. The predicted octanol–water partition coefficient (Wildman–Crippen LogP) is -2.51. The van der Waals surface area contributed by atoms with Crippen molar-refractivity contribution in [2.75, 3.05) is 0 Å². The summed E-state index contributed by atoms with van der Waals surface area (Å²) in [6, 6.07) is -0.814. The highest BCUT2D eigenvalue weighted by molar-refractivity contribution is 7.80. The Labute approximate surface area is 62.4 Å². The lowest BCUT2D eigenvalue weighted by Crippen LogP contribution is -2.59. The van der Waals surface area contributed by atoms with Gasteiger partial charge in [-0.1, -0.05) is 5.23 Å². The van der Waals surface area contributed by atoms with E-state index in [-0.39, 0.29) is 5.11 Å². The molecule has 10 heavy (non-hydrogen) atoms. The van der Waals surface area contributed by atoms with Gasteiger partial charge in [0.1, 0.15) is 0 Å². The quantitative estimate of drug-likeness (QED) is 0.174. The second-order valence-electron chi connectivity index (χ2n) is 1.32. The lowest BCUT2D eigenvalue weighted by Gasteiger charge is -2.15. The van der Waals surface area contributed by atoms with Crippen LogP contribution in [0, 0.1) is 0 Å². The average Bonchev–Trinajstić information content (AvgIpc) is 1.58. The van der Waals surface area contributed by atoms with Crippen molar-refractivity contribution in [3.63, 3.8) is 0 Å². The van der Waals surface area contributed by atoms with Crippen LogP contribution < -0.4 is 28.2 Å². The van der Waals surface area contributed by atoms with Crippen LogP contribution in [0.1, 0.15) is 0 Å². The van der Waals surface area contributed by atoms with Crippen molar-refractivity contribution in [2.24, 2.45) is 17.3 Å². The second-order valence-corrected chi connectivity index (χ2v) is 1.76. The molecule has 0 rings (SSSR count). The summed E-state index contributed by atoms with van der Waals surface area (Å²) in [4.78, 5) is 10.1. The molecule has 0 bridgehead atoms. The molecule has 0 aromatic heterocycles. The molecular formula is C2H8N6OS. The van der Waals surface area contributed by atoms with E-state index in [1.54, 1.807) is 0 Å². The SMILES string of the molecule is NC(=O)NN(N)NC(N)=S. The largest absolute Gasteiger partial charge is 0.375 e. The number of nitrogens with one attached hydrogen (secondary N) is 2. The van der Waals surface area contributed by atoms with Crippen molar-refractivity contribution in [3.05, 3.63) is 0 Å². The number of rotatable bonds is 2. The number of amides is 2. The van der Waals surface area contributed by atoms with Crippen molar-refractivity contribution in [1.29, 1.82) is 0 Å². The van der Waals surface area contributed by atoms with Crippen LogP contribution in [-0.4, -0.2) is 16.4 Å². The van der Waals surface area contributed by atoms with Gasteiger partial charge in [0.25, 0.3) is 0 Å². The first-order chi connectivity index (χ1) is 4.52. The van der Waals surface area contributed by atoms with E-state index in [0.717, 1.165) is 0 Å². The number of nitrogens with two attached hydrogens (primary N) is 3. The Morgan fingerprint density at radius 2 is 1.90 bits per heavy atom. The van der Waals surface area contributed by atoms with Gasteiger partial charge in [0, 0.05) is 0 Å². The zero-order chi connectivity index (χ0) is 8.15. The Morgan fingerprint density at radius 3 is 2.20 bits per heavy atom. The molecule has 0 radical (unpaired) electrons. The van der Waals surface area contributed by atoms with E-state index in [1.807, 2.05) is 5.43 Å². The molecule has 0 aliphatic heterocycles. The minimum Gasteiger partial charge on any atom is -0.375 e. The van der Waals surface area contributed by atoms with Gasteiger partial charge in [-0.25, -0.2) is 16.1 Å². The Morgan fingerprint density at radius 1 is 1.40 bits per heavy atom. The third-order valence-electron chi connectivity index (χ3n) is 0.461. The van der Waals surface area contributed by atoms with Crippen molar-refractivity contribution < 1.29 is 4.79 Å². The van der Waals surface area contributed by atoms with Gasteiger partial charge in [0.15, 0.2) is 5.11 Å². The molecule has 0 aromatic carbocycles. The normalized spacial score (nSPS) is 9.00. The summed E-state index contributed by atoms with van der Waals surface area (Å²) < 4.78 is 0. The summed E-state index contributed by atoms with van der Waals surface area (Å²) in [6.07, 6.45) is 0. The topological polar surface area (TPSA) is 122 Å². The van der Waals surface area contributed by atoms with Gasteiger partial charge in [-0.05, 0) is 12.2 Å². The molecule has 0 atom stereocenters. The number of carbonyl (C=O) groups is 1. The first-order valence-corrected chi connectivity index (χ1v) is 2.60. The van der Waals surface area contributed by atoms with E-state index in [9.17, 15) is 4.79 Å². The molecule has 0 heterocycles. The maximum absolute atomic E-state index is 10.1. The van der Waals surface area contributed by atoms with Gasteiger partial charge in [0.05, 0.1) is 0 Å². The summed E-state index contributed by atoms with van der Waals surface area (Å²) in [7, 11) is 0. The highest BCUT2D eigenvalue weighted by Gasteiger charge is 1.98. The number of urea groups is 1. The number of hydrogen-bond donors (Lipinski definition) is 5. The van der Waals surface area contributed by atoms with Crippen molar-refractivity contribution in [1.82, 2.24) is 16.1 Å². The van der Waals surface area contributed by atoms with E-state index in [4.69, 9.17) is 11.6 Å². The number of thiocarbonyl (C=S) groups is 1. The smallest absolute Gasteiger partial charge is 0.329 e. The summed E-state index contributed by atoms with van der Waals surface area (Å²) in [6.45, 7) is 0. The Balaban J connectivity index is 3.53. The molecule has 0 aliphatic rings. The Kier molecular flexibility index (Phi) is 3.39. The van der Waals surface area contributed by atoms with Crippen LogP contribution in [0.15, 0.2) is 0 Å². The lowest BCUT2D eigenvalue weighted by atomic mass is 11.1. The molecule has 7 nitrogen and oxygen atoms in total. The zero-order valence-corrected chi connectivity index (χ0v) is 5.81. The van der Waals surface area contributed by atoms with E-state index >= 15 is 0 Å². The van der Waals surface area contributed by atoms with Crippen LogP contribution in [0.3, 0.4) is 0 Å². The molecule has 0 spiro atoms. The van der Waals surface area contributed by atoms with Crippen LogP contribution in [-0.2, 0) is 0 Å². The molecule has 58 valence electrons. The molecule has 0 aliphatic carbocycles. The fourth-order valence-electron chi connectivity index (χ4n) is 0.265. The fourth-order valence-corrected chi connectivity index (χ4v) is 0.364. The summed E-state index contributed by atoms with van der Waals surface area (Å²) in [5, 5.41) is 0.584. The standard InChI is InChI=1S/C2H8N6OS/c3-1(9)6-8(5)7-2(4)10/h5H2,(H3,3,6,9)(H3,4,7,10). The van der Waals surface area contributed by atoms with Gasteiger partial charge in [-0.3, -0.25) is 5.43 Å². The number of nitrogens with zero attached hydrogens (tertiary/aromatic N) is 1. The maximum Gasteiger partial charge on any atom is 0.329 e. The monoisotopic (exact) mass is 164 g/mol. The van der Waals surface area contributed by atoms with Crippen LogP contribution in [0.25, 0.3) is 0 Å². The average molecular weight is 164 g/mol. The number of carbonyl (C=O) groups excluding carboxylic acids is 1. The predicted molar refractivity (Wildman–Crippen MR) is 38.7 cm³/mol. The summed E-state index contributed by atoms with van der Waals surface area (Å²) in [5.74, 6) is 5.02. The lowest BCUT2D eigenvalue weighted by molar-refractivity contribution is 0.161. The second kappa shape index (κ2) is 3.82. The van der Waals surface area contributed by atoms with Gasteiger partial charge in [0.2, 0.25) is 0 Å². The fraction of sp³-hybridized carbons (Fsp3) is 0. The summed E-state index contributed by atoms with van der Waals surface area (Å²) >= 11 is 4.38. The minimum absolute atomic E-state index is 0.0729. The molecule has 0 saturated carbocycles. The van der Waals surface area contributed by atoms with E-state index in [2.05, 4.69) is 23.4 Å². The Hall–Kier alpha value is -1.12. The molecule has 0 fully saturated rings. The van der Waals surface area contributed by atoms with E-state index in [0.29, 0.717) is 5.23 Å². The van der Waals surface area contributed by atoms with Crippen LogP contribution in [0.4, 0.5) is 4.79 Å². The molecule has 8 heteroatoms. The minimum atomic E-state index is -0.814. The molecule has 2 amide bonds. The highest BCUT2D eigenvalue weighted by atomic mass is 32.1. The number of hydrazine groups is 3. The van der Waals surface area contributed by atoms with Gasteiger partial charge >= 0.3 is 6.03 Å². The van der Waals surface area contributed by atoms with E-state index < -0.39 is 6.03 Å². The highest BCUT2D eigenvalue weighted by Crippen LogP contribution is 1.60. The van der Waals surface area contributed by atoms with Gasteiger partial charge < -0.3 is 11.5 Å². The molecule has 8 N–H and O–H groups in total. The molecular weight excluding hydrogens is 156 g/mol. The summed E-state index contributed by atoms with van der Waals surface area (Å²) in [5.41, 5.74) is 13.8. The van der Waals surface area contributed by atoms with Crippen LogP contribution >= 0.6 is 12.2 Å². The van der Waals surface area contributed by atoms with E-state index in [1.165, 1.54) is 0 Å². The zero-order valence-electron chi connectivity index (χ0n) is 5.00. The van der Waals surface area contributed by atoms with Gasteiger partial charge in [-0.2, -0.15) is 0 Å². The van der Waals surface area contributed by atoms with Crippen LogP contribution in [0.2, 0.25) is 0 Å². The van der Waals surface area contributed by atoms with Crippen LogP contribution in [0.5, 0.6) is 0 Å². The first-order valence-electron chi connectivity index (χ1n) is 2.19. The molecule has 0 aromatic rings. The number of primary amides is 1.